The van der Waals surface area contributed by atoms with Gasteiger partial charge in [0.2, 0.25) is 0 Å². The van der Waals surface area contributed by atoms with Crippen molar-refractivity contribution in [1.82, 2.24) is 0 Å². The van der Waals surface area contributed by atoms with Crippen LogP contribution < -0.4 is 5.32 Å². The van der Waals surface area contributed by atoms with E-state index < -0.39 is 11.6 Å². The molecule has 1 N–H and O–H groups in total. The minimum atomic E-state index is -0.685. The van der Waals surface area contributed by atoms with Crippen LogP contribution in [0.3, 0.4) is 0 Å². The quantitative estimate of drug-likeness (QED) is 0.645. The minimum Gasteiger partial charge on any atom is -0.315 e. The van der Waals surface area contributed by atoms with Gasteiger partial charge in [-0.2, -0.15) is 0 Å². The molecule has 0 bridgehead atoms. The molecule has 0 aliphatic heterocycles. The molecule has 0 aliphatic carbocycles. The number of hydrogen-bond acceptors (Lipinski definition) is 1. The van der Waals surface area contributed by atoms with E-state index in [9.17, 15) is 13.6 Å². The second-order valence-electron chi connectivity index (χ2n) is 1.85. The van der Waals surface area contributed by atoms with E-state index in [-0.39, 0.29) is 5.69 Å². The molecule has 1 amide bonds. The molecule has 1 radical (unpaired) electrons. The number of amides is 1. The smallest absolute Gasteiger partial charge is 0.314 e. The highest BCUT2D eigenvalue weighted by molar-refractivity contribution is 5.71. The summed E-state index contributed by atoms with van der Waals surface area (Å²) >= 11 is 0. The maximum atomic E-state index is 12.5. The lowest BCUT2D eigenvalue weighted by Crippen LogP contribution is -1.96. The Labute approximate surface area is 61.8 Å². The first-order chi connectivity index (χ1) is 5.24. The van der Waals surface area contributed by atoms with Gasteiger partial charge < -0.3 is 5.32 Å². The number of nitrogens with one attached hydrogen (secondary N) is 1. The maximum absolute atomic E-state index is 12.5. The summed E-state index contributed by atoms with van der Waals surface area (Å²) in [5.74, 6) is -1.29. The van der Waals surface area contributed by atoms with Gasteiger partial charge in [-0.15, -0.1) is 0 Å². The van der Waals surface area contributed by atoms with Gasteiger partial charge in [0.15, 0.2) is 0 Å². The molecular formula is C7H4F2NO. The van der Waals surface area contributed by atoms with Crippen molar-refractivity contribution in [1.29, 1.82) is 0 Å². The summed E-state index contributed by atoms with van der Waals surface area (Å²) in [4.78, 5) is 9.71. The van der Waals surface area contributed by atoms with E-state index in [0.29, 0.717) is 0 Å². The molecule has 0 aliphatic rings. The van der Waals surface area contributed by atoms with Crippen LogP contribution in [-0.4, -0.2) is 6.41 Å². The third-order valence-electron chi connectivity index (χ3n) is 1.11. The molecule has 0 saturated carbocycles. The van der Waals surface area contributed by atoms with Gasteiger partial charge in [0.25, 0.3) is 0 Å². The molecule has 0 unspecified atom stereocenters. The van der Waals surface area contributed by atoms with Crippen LogP contribution in [0.5, 0.6) is 0 Å². The largest absolute Gasteiger partial charge is 0.315 e. The summed E-state index contributed by atoms with van der Waals surface area (Å²) in [6.45, 7) is 0. The van der Waals surface area contributed by atoms with Crippen LogP contribution >= 0.6 is 0 Å². The molecule has 0 atom stereocenters. The molecule has 0 saturated heterocycles. The van der Waals surface area contributed by atoms with E-state index >= 15 is 0 Å². The zero-order valence-electron chi connectivity index (χ0n) is 5.40. The molecule has 1 rings (SSSR count). The molecule has 2 nitrogen and oxygen atoms in total. The molecule has 57 valence electrons. The van der Waals surface area contributed by atoms with Crippen LogP contribution in [0.15, 0.2) is 18.2 Å². The molecule has 0 aromatic heterocycles. The van der Waals surface area contributed by atoms with Crippen molar-refractivity contribution in [3.63, 3.8) is 0 Å². The molecule has 0 heterocycles. The first kappa shape index (κ1) is 7.65. The van der Waals surface area contributed by atoms with E-state index in [1.54, 1.807) is 0 Å². The van der Waals surface area contributed by atoms with Crippen LogP contribution in [0.25, 0.3) is 0 Å². The topological polar surface area (TPSA) is 29.1 Å². The van der Waals surface area contributed by atoms with Gasteiger partial charge in [0.1, 0.15) is 11.6 Å². The Hall–Kier alpha value is -1.45. The second-order valence-corrected chi connectivity index (χ2v) is 1.85. The van der Waals surface area contributed by atoms with Gasteiger partial charge in [-0.3, -0.25) is 4.79 Å². The van der Waals surface area contributed by atoms with E-state index in [1.165, 1.54) is 6.41 Å². The molecular weight excluding hydrogens is 152 g/mol. The highest BCUT2D eigenvalue weighted by Gasteiger charge is 2.01. The van der Waals surface area contributed by atoms with E-state index in [1.807, 2.05) is 5.32 Å². The van der Waals surface area contributed by atoms with Gasteiger partial charge in [-0.05, 0) is 12.1 Å². The predicted molar refractivity (Wildman–Crippen MR) is 35.7 cm³/mol. The molecule has 1 aromatic carbocycles. The average molecular weight is 156 g/mol. The van der Waals surface area contributed by atoms with Crippen molar-refractivity contribution in [2.75, 3.05) is 5.32 Å². The number of halogens is 2. The van der Waals surface area contributed by atoms with Crippen LogP contribution in [0.1, 0.15) is 0 Å². The van der Waals surface area contributed by atoms with Crippen LogP contribution in [0.4, 0.5) is 14.5 Å². The Balaban J connectivity index is 3.01. The van der Waals surface area contributed by atoms with Gasteiger partial charge >= 0.3 is 6.41 Å². The Morgan fingerprint density at radius 1 is 1.36 bits per heavy atom. The van der Waals surface area contributed by atoms with Gasteiger partial charge in [-0.25, -0.2) is 8.78 Å². The maximum Gasteiger partial charge on any atom is 0.314 e. The summed E-state index contributed by atoms with van der Waals surface area (Å²) < 4.78 is 24.9. The number of hydrogen-bond donors (Lipinski definition) is 1. The van der Waals surface area contributed by atoms with E-state index in [0.717, 1.165) is 18.2 Å². The number of rotatable bonds is 2. The summed E-state index contributed by atoms with van der Waals surface area (Å²) in [5.41, 5.74) is -0.208. The number of benzene rings is 1. The first-order valence-electron chi connectivity index (χ1n) is 2.82. The third kappa shape index (κ3) is 1.73. The predicted octanol–water partition coefficient (Wildman–Crippen LogP) is 1.44. The standard InChI is InChI=1S/C7H4F2NO/c8-5-1-2-6(9)7(3-5)10-4-11/h1-3H,(H,10,11). The fraction of sp³-hybridized carbons (Fsp3) is 0. The van der Waals surface area contributed by atoms with Gasteiger partial charge in [-0.1, -0.05) is 0 Å². The van der Waals surface area contributed by atoms with Crippen molar-refractivity contribution < 1.29 is 13.6 Å². The molecule has 4 heteroatoms. The summed E-state index contributed by atoms with van der Waals surface area (Å²) in [6, 6.07) is 2.76. The van der Waals surface area contributed by atoms with E-state index in [4.69, 9.17) is 0 Å². The fourth-order valence-corrected chi connectivity index (χ4v) is 0.648. The molecule has 1 aromatic rings. The average Bonchev–Trinajstić information content (AvgIpc) is 1.98. The van der Waals surface area contributed by atoms with Crippen molar-refractivity contribution >= 4 is 12.1 Å². The zero-order chi connectivity index (χ0) is 8.27. The number of anilines is 1. The van der Waals surface area contributed by atoms with Gasteiger partial charge in [0.05, 0.1) is 5.69 Å². The Morgan fingerprint density at radius 3 is 2.73 bits per heavy atom. The van der Waals surface area contributed by atoms with Crippen LogP contribution in [-0.2, 0) is 4.79 Å². The second kappa shape index (κ2) is 3.09. The lowest BCUT2D eigenvalue weighted by atomic mass is 10.3. The van der Waals surface area contributed by atoms with Crippen LogP contribution in [0, 0.1) is 11.6 Å². The third-order valence-corrected chi connectivity index (χ3v) is 1.11. The normalized spacial score (nSPS) is 9.27. The molecule has 0 fully saturated rings. The van der Waals surface area contributed by atoms with Crippen molar-refractivity contribution in [2.45, 2.75) is 0 Å². The highest BCUT2D eigenvalue weighted by atomic mass is 19.1. The highest BCUT2D eigenvalue weighted by Crippen LogP contribution is 2.13. The van der Waals surface area contributed by atoms with Crippen molar-refractivity contribution in [3.8, 4) is 0 Å². The Kier molecular flexibility index (Phi) is 2.15. The Morgan fingerprint density at radius 2 is 2.09 bits per heavy atom. The molecule has 0 spiro atoms. The summed E-state index contributed by atoms with van der Waals surface area (Å²) in [6.07, 6.45) is 1.25. The lowest BCUT2D eigenvalue weighted by molar-refractivity contribution is 0.559. The zero-order valence-corrected chi connectivity index (χ0v) is 5.40. The summed E-state index contributed by atoms with van der Waals surface area (Å²) in [7, 11) is 0. The number of carbonyl (C=O) groups excluding carboxylic acids is 1. The van der Waals surface area contributed by atoms with Gasteiger partial charge in [0, 0.05) is 6.07 Å². The minimum absolute atomic E-state index is 0.208. The Bertz CT molecular complexity index is 275. The molecule has 11 heavy (non-hydrogen) atoms. The summed E-state index contributed by atoms with van der Waals surface area (Å²) in [5, 5.41) is 1.90. The first-order valence-corrected chi connectivity index (χ1v) is 2.82. The van der Waals surface area contributed by atoms with Crippen molar-refractivity contribution in [2.24, 2.45) is 0 Å². The van der Waals surface area contributed by atoms with Crippen molar-refractivity contribution in [3.05, 3.63) is 29.8 Å². The van der Waals surface area contributed by atoms with E-state index in [2.05, 4.69) is 0 Å². The lowest BCUT2D eigenvalue weighted by Gasteiger charge is -1.98. The van der Waals surface area contributed by atoms with Crippen LogP contribution in [0.2, 0.25) is 0 Å². The fourth-order valence-electron chi connectivity index (χ4n) is 0.648. The SMILES string of the molecule is O=[C]Nc1cc(F)ccc1F. The monoisotopic (exact) mass is 156 g/mol.